The molecule has 30 heavy (non-hydrogen) atoms. The van der Waals surface area contributed by atoms with Crippen LogP contribution in [0.3, 0.4) is 0 Å². The number of nitrogens with zero attached hydrogens (tertiary/aromatic N) is 1. The molecule has 7 heteroatoms. The number of rotatable bonds is 8. The van der Waals surface area contributed by atoms with Gasteiger partial charge in [0, 0.05) is 13.0 Å². The van der Waals surface area contributed by atoms with E-state index < -0.39 is 15.1 Å². The van der Waals surface area contributed by atoms with Crippen molar-refractivity contribution in [3.05, 3.63) is 59.2 Å². The molecule has 3 rings (SSSR count). The maximum Gasteiger partial charge on any atom is 0.224 e. The molecule has 6 nitrogen and oxygen atoms in total. The van der Waals surface area contributed by atoms with Crippen molar-refractivity contribution >= 4 is 15.7 Å². The quantitative estimate of drug-likeness (QED) is 0.697. The summed E-state index contributed by atoms with van der Waals surface area (Å²) in [5.41, 5.74) is 3.14. The number of benzene rings is 2. The SMILES string of the molecule is CC(C)S(=O)(=O)c1ccc(CC(=O)NCC(c2ccc3c(c2)CCO3)N(C)C)cc1. The molecule has 0 saturated carbocycles. The summed E-state index contributed by atoms with van der Waals surface area (Å²) in [7, 11) is 0.686. The summed E-state index contributed by atoms with van der Waals surface area (Å²) in [6, 6.07) is 12.8. The zero-order valence-electron chi connectivity index (χ0n) is 18.0. The second-order valence-corrected chi connectivity index (χ2v) is 10.7. The van der Waals surface area contributed by atoms with Crippen molar-refractivity contribution in [3.8, 4) is 5.75 Å². The van der Waals surface area contributed by atoms with E-state index in [1.165, 1.54) is 5.56 Å². The molecule has 1 heterocycles. The molecule has 2 aromatic carbocycles. The average Bonchev–Trinajstić information content (AvgIpc) is 3.16. The number of sulfone groups is 1. The Hall–Kier alpha value is -2.38. The lowest BCUT2D eigenvalue weighted by atomic mass is 10.0. The molecule has 1 atom stereocenters. The van der Waals surface area contributed by atoms with Crippen molar-refractivity contribution in [2.75, 3.05) is 27.2 Å². The zero-order valence-corrected chi connectivity index (χ0v) is 18.8. The third-order valence-electron chi connectivity index (χ3n) is 5.45. The van der Waals surface area contributed by atoms with Crippen LogP contribution in [0.5, 0.6) is 5.75 Å². The molecule has 0 saturated heterocycles. The predicted molar refractivity (Wildman–Crippen MR) is 118 cm³/mol. The van der Waals surface area contributed by atoms with E-state index in [0.29, 0.717) is 6.54 Å². The molecule has 1 aliphatic heterocycles. The van der Waals surface area contributed by atoms with Gasteiger partial charge in [-0.15, -0.1) is 0 Å². The normalized spacial score (nSPS) is 14.5. The highest BCUT2D eigenvalue weighted by Crippen LogP contribution is 2.29. The summed E-state index contributed by atoms with van der Waals surface area (Å²) >= 11 is 0. The number of likely N-dealkylation sites (N-methyl/N-ethyl adjacent to an activating group) is 1. The molecule has 0 aromatic heterocycles. The number of ether oxygens (including phenoxy) is 1. The summed E-state index contributed by atoms with van der Waals surface area (Å²) in [5, 5.41) is 2.54. The highest BCUT2D eigenvalue weighted by molar-refractivity contribution is 7.92. The Labute approximate surface area is 179 Å². The van der Waals surface area contributed by atoms with E-state index in [1.54, 1.807) is 38.1 Å². The molecular weight excluding hydrogens is 400 g/mol. The van der Waals surface area contributed by atoms with Gasteiger partial charge in [0.15, 0.2) is 9.84 Å². The molecule has 1 amide bonds. The minimum atomic E-state index is -3.30. The Balaban J connectivity index is 1.61. The molecule has 2 aromatic rings. The van der Waals surface area contributed by atoms with Crippen molar-refractivity contribution in [2.45, 2.75) is 42.9 Å². The number of carbonyl (C=O) groups is 1. The monoisotopic (exact) mass is 430 g/mol. The van der Waals surface area contributed by atoms with Gasteiger partial charge in [0.2, 0.25) is 5.91 Å². The number of nitrogens with one attached hydrogen (secondary N) is 1. The van der Waals surface area contributed by atoms with Crippen LogP contribution < -0.4 is 10.1 Å². The first-order valence-electron chi connectivity index (χ1n) is 10.2. The molecule has 0 aliphatic carbocycles. The van der Waals surface area contributed by atoms with Gasteiger partial charge in [-0.3, -0.25) is 4.79 Å². The van der Waals surface area contributed by atoms with Gasteiger partial charge in [-0.2, -0.15) is 0 Å². The van der Waals surface area contributed by atoms with E-state index in [2.05, 4.69) is 22.3 Å². The second-order valence-electron chi connectivity index (χ2n) is 8.16. The maximum absolute atomic E-state index is 12.5. The lowest BCUT2D eigenvalue weighted by Crippen LogP contribution is -2.35. The van der Waals surface area contributed by atoms with E-state index in [9.17, 15) is 13.2 Å². The summed E-state index contributed by atoms with van der Waals surface area (Å²) in [6.45, 7) is 4.53. The smallest absolute Gasteiger partial charge is 0.224 e. The Morgan fingerprint density at radius 3 is 2.47 bits per heavy atom. The minimum absolute atomic E-state index is 0.0541. The fourth-order valence-electron chi connectivity index (χ4n) is 3.54. The summed E-state index contributed by atoms with van der Waals surface area (Å²) < 4.78 is 30.0. The molecular formula is C23H30N2O4S. The van der Waals surface area contributed by atoms with Crippen molar-refractivity contribution in [3.63, 3.8) is 0 Å². The number of hydrogen-bond donors (Lipinski definition) is 1. The van der Waals surface area contributed by atoms with Crippen molar-refractivity contribution < 1.29 is 17.9 Å². The van der Waals surface area contributed by atoms with E-state index in [-0.39, 0.29) is 23.3 Å². The number of carbonyl (C=O) groups excluding carboxylic acids is 1. The van der Waals surface area contributed by atoms with E-state index >= 15 is 0 Å². The average molecular weight is 431 g/mol. The topological polar surface area (TPSA) is 75.7 Å². The molecule has 0 spiro atoms. The molecule has 162 valence electrons. The lowest BCUT2D eigenvalue weighted by Gasteiger charge is -2.25. The van der Waals surface area contributed by atoms with Crippen LogP contribution in [0, 0.1) is 0 Å². The Morgan fingerprint density at radius 1 is 1.13 bits per heavy atom. The van der Waals surface area contributed by atoms with E-state index in [4.69, 9.17) is 4.74 Å². The van der Waals surface area contributed by atoms with Gasteiger partial charge >= 0.3 is 0 Å². The van der Waals surface area contributed by atoms with Crippen LogP contribution in [0.25, 0.3) is 0 Å². The highest BCUT2D eigenvalue weighted by Gasteiger charge is 2.20. The highest BCUT2D eigenvalue weighted by atomic mass is 32.2. The Kier molecular flexibility index (Phi) is 6.83. The summed E-state index contributed by atoms with van der Waals surface area (Å²) in [5.74, 6) is 0.856. The first kappa shape index (κ1) is 22.3. The summed E-state index contributed by atoms with van der Waals surface area (Å²) in [4.78, 5) is 14.9. The van der Waals surface area contributed by atoms with Crippen molar-refractivity contribution in [1.29, 1.82) is 0 Å². The molecule has 0 radical (unpaired) electrons. The van der Waals surface area contributed by atoms with Gasteiger partial charge in [-0.1, -0.05) is 24.3 Å². The number of hydrogen-bond acceptors (Lipinski definition) is 5. The van der Waals surface area contributed by atoms with Gasteiger partial charge in [-0.05, 0) is 62.8 Å². The van der Waals surface area contributed by atoms with Gasteiger partial charge < -0.3 is 15.0 Å². The summed E-state index contributed by atoms with van der Waals surface area (Å²) in [6.07, 6.45) is 1.12. The molecule has 0 bridgehead atoms. The third-order valence-corrected chi connectivity index (χ3v) is 7.62. The van der Waals surface area contributed by atoms with E-state index in [0.717, 1.165) is 29.9 Å². The maximum atomic E-state index is 12.5. The van der Waals surface area contributed by atoms with Gasteiger partial charge in [0.25, 0.3) is 0 Å². The second kappa shape index (κ2) is 9.18. The Morgan fingerprint density at radius 2 is 1.83 bits per heavy atom. The van der Waals surface area contributed by atoms with Gasteiger partial charge in [-0.25, -0.2) is 8.42 Å². The molecule has 1 aliphatic rings. The van der Waals surface area contributed by atoms with Crippen LogP contribution in [0.1, 0.15) is 36.6 Å². The van der Waals surface area contributed by atoms with Crippen LogP contribution in [0.4, 0.5) is 0 Å². The third kappa shape index (κ3) is 5.02. The Bertz CT molecular complexity index is 998. The fourth-order valence-corrected chi connectivity index (χ4v) is 4.60. The largest absolute Gasteiger partial charge is 0.493 e. The van der Waals surface area contributed by atoms with Gasteiger partial charge in [0.05, 0.1) is 29.2 Å². The first-order chi connectivity index (χ1) is 14.2. The minimum Gasteiger partial charge on any atom is -0.493 e. The van der Waals surface area contributed by atoms with Gasteiger partial charge in [0.1, 0.15) is 5.75 Å². The van der Waals surface area contributed by atoms with Crippen LogP contribution in [0.15, 0.2) is 47.4 Å². The van der Waals surface area contributed by atoms with Crippen LogP contribution >= 0.6 is 0 Å². The fraction of sp³-hybridized carbons (Fsp3) is 0.435. The molecule has 1 N–H and O–H groups in total. The predicted octanol–water partition coefficient (Wildman–Crippen LogP) is 2.77. The van der Waals surface area contributed by atoms with Crippen LogP contribution in [-0.2, 0) is 27.5 Å². The number of amides is 1. The van der Waals surface area contributed by atoms with Crippen LogP contribution in [-0.4, -0.2) is 51.7 Å². The molecule has 1 unspecified atom stereocenters. The standard InChI is InChI=1S/C23H30N2O4S/c1-16(2)30(27,28)20-8-5-17(6-9-20)13-23(26)24-15-21(25(3)4)18-7-10-22-19(14-18)11-12-29-22/h5-10,14,16,21H,11-13,15H2,1-4H3,(H,24,26). The lowest BCUT2D eigenvalue weighted by molar-refractivity contribution is -0.120. The van der Waals surface area contributed by atoms with Crippen molar-refractivity contribution in [1.82, 2.24) is 10.2 Å². The van der Waals surface area contributed by atoms with Crippen LogP contribution in [0.2, 0.25) is 0 Å². The molecule has 0 fully saturated rings. The first-order valence-corrected chi connectivity index (χ1v) is 11.7. The van der Waals surface area contributed by atoms with Crippen molar-refractivity contribution in [2.24, 2.45) is 0 Å². The number of fused-ring (bicyclic) bond motifs is 1. The zero-order chi connectivity index (χ0) is 21.9. The van der Waals surface area contributed by atoms with E-state index in [1.807, 2.05) is 20.2 Å².